The number of likely N-dealkylation sites (N-methyl/N-ethyl adjacent to an activating group) is 1. The van der Waals surface area contributed by atoms with E-state index >= 15 is 0 Å². The van der Waals surface area contributed by atoms with Crippen LogP contribution >= 0.6 is 0 Å². The molecule has 1 aliphatic rings. The fourth-order valence-corrected chi connectivity index (χ4v) is 3.88. The Balaban J connectivity index is 1.83. The highest BCUT2D eigenvalue weighted by Crippen LogP contribution is 2.33. The Labute approximate surface area is 166 Å². The average Bonchev–Trinajstić information content (AvgIpc) is 2.89. The van der Waals surface area contributed by atoms with Gasteiger partial charge in [0.2, 0.25) is 0 Å². The van der Waals surface area contributed by atoms with Gasteiger partial charge in [-0.2, -0.15) is 21.6 Å². The highest BCUT2D eigenvalue weighted by molar-refractivity contribution is 7.85. The van der Waals surface area contributed by atoms with E-state index in [2.05, 4.69) is 0 Å². The molecule has 0 bridgehead atoms. The summed E-state index contributed by atoms with van der Waals surface area (Å²) in [6, 6.07) is 7.97. The first-order valence-electron chi connectivity index (χ1n) is 8.64. The molecule has 29 heavy (non-hydrogen) atoms. The third kappa shape index (κ3) is 4.38. The number of hydrogen-bond donors (Lipinski definition) is 1. The SMILES string of the molecule is Cc1ccc(S(=O)(=O)O)cc1C1CN(Cc2ccc(C(F)(F)F)cc2)C(=O)N1C. The molecule has 1 N–H and O–H groups in total. The zero-order valence-corrected chi connectivity index (χ0v) is 16.5. The molecule has 0 spiro atoms. The van der Waals surface area contributed by atoms with Crippen LogP contribution in [0.15, 0.2) is 47.4 Å². The highest BCUT2D eigenvalue weighted by atomic mass is 32.2. The van der Waals surface area contributed by atoms with Crippen LogP contribution in [-0.4, -0.2) is 42.4 Å². The van der Waals surface area contributed by atoms with Crippen molar-refractivity contribution in [2.75, 3.05) is 13.6 Å². The maximum Gasteiger partial charge on any atom is 0.416 e. The topological polar surface area (TPSA) is 77.9 Å². The van der Waals surface area contributed by atoms with Crippen molar-refractivity contribution in [1.82, 2.24) is 9.80 Å². The molecular formula is C19H19F3N2O4S. The summed E-state index contributed by atoms with van der Waals surface area (Å²) < 4.78 is 70.3. The summed E-state index contributed by atoms with van der Waals surface area (Å²) in [6.45, 7) is 2.11. The van der Waals surface area contributed by atoms with E-state index in [1.165, 1.54) is 34.1 Å². The number of alkyl halides is 3. The number of aryl methyl sites for hydroxylation is 1. The number of halogens is 3. The lowest BCUT2D eigenvalue weighted by atomic mass is 10.0. The fourth-order valence-electron chi connectivity index (χ4n) is 3.36. The minimum Gasteiger partial charge on any atom is -0.319 e. The zero-order chi connectivity index (χ0) is 21.6. The molecule has 1 heterocycles. The van der Waals surface area contributed by atoms with Crippen LogP contribution in [0.3, 0.4) is 0 Å². The molecule has 10 heteroatoms. The van der Waals surface area contributed by atoms with Crippen molar-refractivity contribution < 1.29 is 30.9 Å². The van der Waals surface area contributed by atoms with E-state index in [4.69, 9.17) is 0 Å². The lowest BCUT2D eigenvalue weighted by Crippen LogP contribution is -2.29. The second kappa shape index (κ2) is 7.34. The summed E-state index contributed by atoms with van der Waals surface area (Å²) in [5.74, 6) is 0. The van der Waals surface area contributed by atoms with Crippen molar-refractivity contribution in [2.24, 2.45) is 0 Å². The molecule has 3 rings (SSSR count). The molecule has 1 atom stereocenters. The van der Waals surface area contributed by atoms with E-state index in [1.54, 1.807) is 20.0 Å². The normalized spacial score (nSPS) is 17.9. The second-order valence-corrected chi connectivity index (χ2v) is 8.40. The van der Waals surface area contributed by atoms with Crippen LogP contribution in [0.25, 0.3) is 0 Å². The first-order chi connectivity index (χ1) is 13.4. The molecule has 1 aliphatic heterocycles. The second-order valence-electron chi connectivity index (χ2n) is 6.98. The van der Waals surface area contributed by atoms with Gasteiger partial charge in [-0.15, -0.1) is 0 Å². The van der Waals surface area contributed by atoms with Gasteiger partial charge in [-0.1, -0.05) is 18.2 Å². The monoisotopic (exact) mass is 428 g/mol. The van der Waals surface area contributed by atoms with E-state index in [-0.39, 0.29) is 24.0 Å². The maximum absolute atomic E-state index is 12.7. The van der Waals surface area contributed by atoms with Crippen LogP contribution in [0.5, 0.6) is 0 Å². The number of rotatable bonds is 4. The summed E-state index contributed by atoms with van der Waals surface area (Å²) in [6.07, 6.45) is -4.43. The average molecular weight is 428 g/mol. The molecule has 6 nitrogen and oxygen atoms in total. The standard InChI is InChI=1S/C19H19F3N2O4S/c1-12-3-8-15(29(26,27)28)9-16(12)17-11-24(18(25)23(17)2)10-13-4-6-14(7-5-13)19(20,21)22/h3-9,17H,10-11H2,1-2H3,(H,26,27,28). The van der Waals surface area contributed by atoms with Gasteiger partial charge in [0.25, 0.3) is 10.1 Å². The molecule has 1 saturated heterocycles. The summed E-state index contributed by atoms with van der Waals surface area (Å²) in [7, 11) is -2.82. The predicted octanol–water partition coefficient (Wildman–Crippen LogP) is 3.87. The Kier molecular flexibility index (Phi) is 5.35. The number of hydrogen-bond acceptors (Lipinski definition) is 3. The van der Waals surface area contributed by atoms with Gasteiger partial charge in [-0.25, -0.2) is 4.79 Å². The summed E-state index contributed by atoms with van der Waals surface area (Å²) in [5.41, 5.74) is 1.11. The Hall–Kier alpha value is -2.59. The zero-order valence-electron chi connectivity index (χ0n) is 15.6. The van der Waals surface area contributed by atoms with Crippen molar-refractivity contribution in [3.05, 3.63) is 64.7 Å². The number of urea groups is 1. The minimum atomic E-state index is -4.43. The maximum atomic E-state index is 12.7. The summed E-state index contributed by atoms with van der Waals surface area (Å²) in [4.78, 5) is 15.3. The number of carbonyl (C=O) groups excluding carboxylic acids is 1. The molecular weight excluding hydrogens is 409 g/mol. The molecule has 2 aromatic rings. The van der Waals surface area contributed by atoms with Gasteiger partial charge in [0.1, 0.15) is 0 Å². The Morgan fingerprint density at radius 1 is 1.14 bits per heavy atom. The largest absolute Gasteiger partial charge is 0.416 e. The molecule has 2 amide bonds. The van der Waals surface area contributed by atoms with Crippen molar-refractivity contribution in [1.29, 1.82) is 0 Å². The van der Waals surface area contributed by atoms with E-state index in [9.17, 15) is 30.9 Å². The van der Waals surface area contributed by atoms with E-state index < -0.39 is 27.9 Å². The summed E-state index contributed by atoms with van der Waals surface area (Å²) >= 11 is 0. The van der Waals surface area contributed by atoms with E-state index in [0.29, 0.717) is 11.1 Å². The van der Waals surface area contributed by atoms with Crippen molar-refractivity contribution in [3.8, 4) is 0 Å². The predicted molar refractivity (Wildman–Crippen MR) is 98.7 cm³/mol. The molecule has 1 fully saturated rings. The lowest BCUT2D eigenvalue weighted by Gasteiger charge is -2.20. The van der Waals surface area contributed by atoms with E-state index in [1.807, 2.05) is 0 Å². The molecule has 0 radical (unpaired) electrons. The van der Waals surface area contributed by atoms with E-state index in [0.717, 1.165) is 17.7 Å². The van der Waals surface area contributed by atoms with Gasteiger partial charge >= 0.3 is 12.2 Å². The molecule has 1 unspecified atom stereocenters. The summed E-state index contributed by atoms with van der Waals surface area (Å²) in [5, 5.41) is 0. The fraction of sp³-hybridized carbons (Fsp3) is 0.316. The third-order valence-electron chi connectivity index (χ3n) is 5.00. The van der Waals surface area contributed by atoms with Crippen molar-refractivity contribution in [2.45, 2.75) is 30.6 Å². The van der Waals surface area contributed by atoms with Crippen molar-refractivity contribution >= 4 is 16.1 Å². The van der Waals surface area contributed by atoms with Crippen LogP contribution in [0.4, 0.5) is 18.0 Å². The van der Waals surface area contributed by atoms with Crippen LogP contribution in [0.2, 0.25) is 0 Å². The van der Waals surface area contributed by atoms with Gasteiger partial charge in [0.15, 0.2) is 0 Å². The van der Waals surface area contributed by atoms with Crippen LogP contribution in [-0.2, 0) is 22.8 Å². The van der Waals surface area contributed by atoms with Gasteiger partial charge in [0, 0.05) is 20.1 Å². The van der Waals surface area contributed by atoms with Gasteiger partial charge in [-0.05, 0) is 47.9 Å². The van der Waals surface area contributed by atoms with Gasteiger partial charge < -0.3 is 9.80 Å². The Bertz CT molecular complexity index is 1040. The molecule has 0 saturated carbocycles. The first kappa shape index (κ1) is 21.1. The first-order valence-corrected chi connectivity index (χ1v) is 10.1. The number of nitrogens with zero attached hydrogens (tertiary/aromatic N) is 2. The quantitative estimate of drug-likeness (QED) is 0.750. The number of carbonyl (C=O) groups is 1. The molecule has 156 valence electrons. The van der Waals surface area contributed by atoms with Gasteiger partial charge in [-0.3, -0.25) is 4.55 Å². The smallest absolute Gasteiger partial charge is 0.319 e. The Morgan fingerprint density at radius 3 is 2.31 bits per heavy atom. The van der Waals surface area contributed by atoms with Crippen LogP contribution in [0.1, 0.15) is 28.3 Å². The Morgan fingerprint density at radius 2 is 1.76 bits per heavy atom. The molecule has 0 aromatic heterocycles. The minimum absolute atomic E-state index is 0.120. The molecule has 2 aromatic carbocycles. The highest BCUT2D eigenvalue weighted by Gasteiger charge is 2.37. The van der Waals surface area contributed by atoms with Crippen molar-refractivity contribution in [3.63, 3.8) is 0 Å². The molecule has 0 aliphatic carbocycles. The third-order valence-corrected chi connectivity index (χ3v) is 5.84. The van der Waals surface area contributed by atoms with Crippen LogP contribution in [0, 0.1) is 6.92 Å². The van der Waals surface area contributed by atoms with Crippen LogP contribution < -0.4 is 0 Å². The van der Waals surface area contributed by atoms with Gasteiger partial charge in [0.05, 0.1) is 16.5 Å². The number of amides is 2. The lowest BCUT2D eigenvalue weighted by molar-refractivity contribution is -0.137. The number of benzene rings is 2.